The van der Waals surface area contributed by atoms with Crippen LogP contribution in [0, 0.1) is 11.8 Å². The maximum Gasteiger partial charge on any atom is 0.251 e. The first kappa shape index (κ1) is 21.4. The van der Waals surface area contributed by atoms with Gasteiger partial charge in [-0.3, -0.25) is 14.4 Å². The van der Waals surface area contributed by atoms with Gasteiger partial charge in [-0.15, -0.1) is 0 Å². The van der Waals surface area contributed by atoms with Gasteiger partial charge in [0, 0.05) is 18.5 Å². The molecule has 8 nitrogen and oxygen atoms in total. The third-order valence-corrected chi connectivity index (χ3v) is 4.17. The van der Waals surface area contributed by atoms with E-state index in [1.807, 2.05) is 13.8 Å². The average Bonchev–Trinajstić information content (AvgIpc) is 2.89. The molecule has 1 heterocycles. The Morgan fingerprint density at radius 1 is 1.24 bits per heavy atom. The van der Waals surface area contributed by atoms with Crippen LogP contribution in [0.15, 0.2) is 0 Å². The summed E-state index contributed by atoms with van der Waals surface area (Å²) in [5.41, 5.74) is 5.89. The number of amides is 3. The summed E-state index contributed by atoms with van der Waals surface area (Å²) in [6.45, 7) is 8.03. The largest absolute Gasteiger partial charge is 0.381 e. The summed E-state index contributed by atoms with van der Waals surface area (Å²) in [6, 6.07) is -1.73. The first-order valence-electron chi connectivity index (χ1n) is 8.93. The van der Waals surface area contributed by atoms with E-state index in [9.17, 15) is 19.5 Å². The van der Waals surface area contributed by atoms with E-state index in [2.05, 4.69) is 16.0 Å². The lowest BCUT2D eigenvalue weighted by atomic mass is 9.93. The van der Waals surface area contributed by atoms with Crippen LogP contribution in [0.1, 0.15) is 47.0 Å². The lowest BCUT2D eigenvalue weighted by Crippen LogP contribution is -2.55. The monoisotopic (exact) mass is 356 g/mol. The Labute approximate surface area is 149 Å². The molecule has 0 spiro atoms. The van der Waals surface area contributed by atoms with Gasteiger partial charge in [0.2, 0.25) is 11.8 Å². The van der Waals surface area contributed by atoms with Gasteiger partial charge in [-0.1, -0.05) is 13.8 Å². The molecule has 0 radical (unpaired) electrons. The van der Waals surface area contributed by atoms with E-state index >= 15 is 0 Å². The van der Waals surface area contributed by atoms with E-state index in [0.29, 0.717) is 19.4 Å². The van der Waals surface area contributed by atoms with Crippen LogP contribution in [0.25, 0.3) is 0 Å². The quantitative estimate of drug-likeness (QED) is 0.371. The van der Waals surface area contributed by atoms with E-state index < -0.39 is 30.0 Å². The van der Waals surface area contributed by atoms with Crippen LogP contribution in [-0.2, 0) is 14.4 Å². The third kappa shape index (κ3) is 6.99. The standard InChI is InChI=1S/C17H32N4O4/c1-9(2)7-12(18)16(24)21-13(8-11-5-6-19-15(11)23)14(22)17(25)20-10(3)4/h9-14,22H,5-8,18H2,1-4H3,(H,19,23)(H,20,25)(H,21,24)/t11-,12?,13?,14?/m0/s1. The molecule has 1 saturated heterocycles. The molecule has 3 unspecified atom stereocenters. The molecular formula is C17H32N4O4. The Morgan fingerprint density at radius 3 is 2.36 bits per heavy atom. The van der Waals surface area contributed by atoms with Gasteiger partial charge in [0.15, 0.2) is 6.10 Å². The molecule has 0 aliphatic carbocycles. The molecular weight excluding hydrogens is 324 g/mol. The van der Waals surface area contributed by atoms with Crippen LogP contribution >= 0.6 is 0 Å². The molecule has 0 aromatic heterocycles. The molecule has 8 heteroatoms. The zero-order valence-electron chi connectivity index (χ0n) is 15.5. The van der Waals surface area contributed by atoms with E-state index in [-0.39, 0.29) is 30.2 Å². The zero-order valence-corrected chi connectivity index (χ0v) is 15.5. The van der Waals surface area contributed by atoms with Crippen LogP contribution in [0.3, 0.4) is 0 Å². The van der Waals surface area contributed by atoms with Crippen molar-refractivity contribution in [2.24, 2.45) is 17.6 Å². The van der Waals surface area contributed by atoms with Gasteiger partial charge in [0.1, 0.15) is 0 Å². The summed E-state index contributed by atoms with van der Waals surface area (Å²) in [6.07, 6.45) is -0.136. The fourth-order valence-corrected chi connectivity index (χ4v) is 2.90. The summed E-state index contributed by atoms with van der Waals surface area (Å²) in [5.74, 6) is -1.21. The fourth-order valence-electron chi connectivity index (χ4n) is 2.90. The van der Waals surface area contributed by atoms with E-state index in [1.54, 1.807) is 13.8 Å². The minimum atomic E-state index is -1.44. The topological polar surface area (TPSA) is 134 Å². The lowest BCUT2D eigenvalue weighted by molar-refractivity contribution is -0.134. The highest BCUT2D eigenvalue weighted by Crippen LogP contribution is 2.18. The van der Waals surface area contributed by atoms with Crippen LogP contribution in [0.2, 0.25) is 0 Å². The maximum absolute atomic E-state index is 12.3. The van der Waals surface area contributed by atoms with Crippen molar-refractivity contribution in [2.75, 3.05) is 6.54 Å². The summed E-state index contributed by atoms with van der Waals surface area (Å²) in [5, 5.41) is 18.4. The first-order valence-corrected chi connectivity index (χ1v) is 8.93. The molecule has 0 aromatic rings. The Kier molecular flexibility index (Phi) is 8.31. The third-order valence-electron chi connectivity index (χ3n) is 4.17. The number of rotatable bonds is 9. The fraction of sp³-hybridized carbons (Fsp3) is 0.824. The second-order valence-electron chi connectivity index (χ2n) is 7.47. The van der Waals surface area contributed by atoms with Crippen molar-refractivity contribution in [1.82, 2.24) is 16.0 Å². The molecule has 1 aliphatic heterocycles. The molecule has 0 aromatic carbocycles. The predicted octanol–water partition coefficient (Wildman–Crippen LogP) is -0.744. The van der Waals surface area contributed by atoms with Gasteiger partial charge in [0.05, 0.1) is 12.1 Å². The van der Waals surface area contributed by atoms with Crippen LogP contribution in [0.4, 0.5) is 0 Å². The minimum absolute atomic E-state index is 0.123. The van der Waals surface area contributed by atoms with Crippen LogP contribution < -0.4 is 21.7 Å². The Morgan fingerprint density at radius 2 is 1.88 bits per heavy atom. The smallest absolute Gasteiger partial charge is 0.251 e. The van der Waals surface area contributed by atoms with E-state index in [0.717, 1.165) is 0 Å². The summed E-state index contributed by atoms with van der Waals surface area (Å²) in [7, 11) is 0. The van der Waals surface area contributed by atoms with Crippen LogP contribution in [-0.4, -0.2) is 53.6 Å². The number of hydrogen-bond donors (Lipinski definition) is 5. The van der Waals surface area contributed by atoms with Crippen molar-refractivity contribution in [3.8, 4) is 0 Å². The van der Waals surface area contributed by atoms with Crippen molar-refractivity contribution < 1.29 is 19.5 Å². The Balaban J connectivity index is 2.80. The molecule has 1 rings (SSSR count). The lowest BCUT2D eigenvalue weighted by Gasteiger charge is -2.27. The summed E-state index contributed by atoms with van der Waals surface area (Å²) < 4.78 is 0. The number of nitrogens with one attached hydrogen (secondary N) is 3. The van der Waals surface area contributed by atoms with Gasteiger partial charge in [0.25, 0.3) is 5.91 Å². The first-order chi connectivity index (χ1) is 11.6. The molecule has 1 fully saturated rings. The number of carbonyl (C=O) groups is 3. The van der Waals surface area contributed by atoms with Gasteiger partial charge in [-0.2, -0.15) is 0 Å². The molecule has 4 atom stereocenters. The van der Waals surface area contributed by atoms with Crippen molar-refractivity contribution >= 4 is 17.7 Å². The minimum Gasteiger partial charge on any atom is -0.381 e. The van der Waals surface area contributed by atoms with E-state index in [4.69, 9.17) is 5.73 Å². The summed E-state index contributed by atoms with van der Waals surface area (Å²) >= 11 is 0. The highest BCUT2D eigenvalue weighted by atomic mass is 16.3. The average molecular weight is 356 g/mol. The van der Waals surface area contributed by atoms with Gasteiger partial charge in [-0.25, -0.2) is 0 Å². The van der Waals surface area contributed by atoms with Crippen LogP contribution in [0.5, 0.6) is 0 Å². The molecule has 0 bridgehead atoms. The maximum atomic E-state index is 12.3. The van der Waals surface area contributed by atoms with Crippen molar-refractivity contribution in [1.29, 1.82) is 0 Å². The number of hydrogen-bond acceptors (Lipinski definition) is 5. The second kappa shape index (κ2) is 9.72. The molecule has 3 amide bonds. The van der Waals surface area contributed by atoms with Crippen molar-refractivity contribution in [3.63, 3.8) is 0 Å². The Bertz CT molecular complexity index is 481. The molecule has 0 saturated carbocycles. The summed E-state index contributed by atoms with van der Waals surface area (Å²) in [4.78, 5) is 36.3. The normalized spacial score (nSPS) is 21.0. The zero-order chi connectivity index (χ0) is 19.1. The van der Waals surface area contributed by atoms with Crippen molar-refractivity contribution in [3.05, 3.63) is 0 Å². The number of carbonyl (C=O) groups excluding carboxylic acids is 3. The SMILES string of the molecule is CC(C)CC(N)C(=O)NC(C[C@@H]1CCNC1=O)C(O)C(=O)NC(C)C. The number of aliphatic hydroxyl groups excluding tert-OH is 1. The van der Waals surface area contributed by atoms with Crippen molar-refractivity contribution in [2.45, 2.75) is 71.2 Å². The molecule has 1 aliphatic rings. The molecule has 144 valence electrons. The van der Waals surface area contributed by atoms with Gasteiger partial charge < -0.3 is 26.8 Å². The highest BCUT2D eigenvalue weighted by molar-refractivity contribution is 5.86. The second-order valence-corrected chi connectivity index (χ2v) is 7.47. The van der Waals surface area contributed by atoms with Gasteiger partial charge >= 0.3 is 0 Å². The Hall–Kier alpha value is -1.67. The predicted molar refractivity (Wildman–Crippen MR) is 94.4 cm³/mol. The molecule has 6 N–H and O–H groups in total. The number of aliphatic hydroxyl groups is 1. The number of nitrogens with two attached hydrogens (primary N) is 1. The highest BCUT2D eigenvalue weighted by Gasteiger charge is 2.35. The molecule has 25 heavy (non-hydrogen) atoms. The van der Waals surface area contributed by atoms with Gasteiger partial charge in [-0.05, 0) is 39.0 Å². The van der Waals surface area contributed by atoms with E-state index in [1.165, 1.54) is 0 Å².